The summed E-state index contributed by atoms with van der Waals surface area (Å²) in [7, 11) is -2.21. The number of aliphatic hydroxyl groups excluding tert-OH is 1. The van der Waals surface area contributed by atoms with Gasteiger partial charge in [-0.25, -0.2) is 23.4 Å². The second kappa shape index (κ2) is 8.24. The van der Waals surface area contributed by atoms with Crippen LogP contribution in [-0.4, -0.2) is 51.1 Å². The van der Waals surface area contributed by atoms with Crippen LogP contribution in [0.3, 0.4) is 0 Å². The Balaban J connectivity index is 1.90. The van der Waals surface area contributed by atoms with E-state index in [0.717, 1.165) is 25.1 Å². The van der Waals surface area contributed by atoms with Gasteiger partial charge in [0.1, 0.15) is 17.6 Å². The maximum Gasteiger partial charge on any atom is 0.433 e. The van der Waals surface area contributed by atoms with Gasteiger partial charge in [0.15, 0.2) is 15.7 Å². The predicted octanol–water partition coefficient (Wildman–Crippen LogP) is 3.54. The first-order valence-corrected chi connectivity index (χ1v) is 12.2. The van der Waals surface area contributed by atoms with E-state index in [4.69, 9.17) is 0 Å². The summed E-state index contributed by atoms with van der Waals surface area (Å²) in [6.45, 7) is 3.33. The fourth-order valence-electron chi connectivity index (χ4n) is 3.77. The second-order valence-corrected chi connectivity index (χ2v) is 10.3. The van der Waals surface area contributed by atoms with E-state index < -0.39 is 27.9 Å². The molecule has 3 aromatic rings. The number of pyridine rings is 2. The van der Waals surface area contributed by atoms with Crippen molar-refractivity contribution in [2.75, 3.05) is 10.7 Å². The molecule has 1 unspecified atom stereocenters. The van der Waals surface area contributed by atoms with E-state index in [2.05, 4.69) is 15.0 Å². The lowest BCUT2D eigenvalue weighted by Crippen LogP contribution is -2.36. The Labute approximate surface area is 189 Å². The maximum atomic E-state index is 13.1. The minimum absolute atomic E-state index is 0.0292. The van der Waals surface area contributed by atoms with Gasteiger partial charge in [-0.2, -0.15) is 13.2 Å². The molecule has 0 radical (unpaired) electrons. The number of nitrogens with zero attached hydrogens (tertiary/aromatic N) is 5. The van der Waals surface area contributed by atoms with Gasteiger partial charge >= 0.3 is 6.18 Å². The van der Waals surface area contributed by atoms with E-state index in [1.807, 2.05) is 6.92 Å². The molecule has 178 valence electrons. The molecule has 12 heteroatoms. The lowest BCUT2D eigenvalue weighted by atomic mass is 10.2. The third-order valence-electron chi connectivity index (χ3n) is 5.75. The first kappa shape index (κ1) is 23.4. The largest absolute Gasteiger partial charge is 0.433 e. The molecule has 0 aromatic carbocycles. The van der Waals surface area contributed by atoms with Crippen molar-refractivity contribution >= 4 is 26.6 Å². The van der Waals surface area contributed by atoms with Crippen LogP contribution in [0.1, 0.15) is 38.8 Å². The number of aromatic nitrogens is 4. The number of imidazole rings is 1. The van der Waals surface area contributed by atoms with E-state index in [1.165, 1.54) is 23.8 Å². The van der Waals surface area contributed by atoms with Crippen LogP contribution in [0.15, 0.2) is 29.4 Å². The average Bonchev–Trinajstić information content (AvgIpc) is 3.55. The monoisotopic (exact) mass is 483 g/mol. The Morgan fingerprint density at radius 3 is 2.48 bits per heavy atom. The fourth-order valence-corrected chi connectivity index (χ4v) is 4.82. The van der Waals surface area contributed by atoms with Crippen molar-refractivity contribution in [3.63, 3.8) is 0 Å². The van der Waals surface area contributed by atoms with E-state index in [1.54, 1.807) is 11.9 Å². The number of aliphatic hydroxyl groups is 1. The molecule has 0 amide bonds. The quantitative estimate of drug-likeness (QED) is 0.513. The maximum absolute atomic E-state index is 13.1. The molecule has 0 aliphatic heterocycles. The number of fused-ring (bicyclic) bond motifs is 1. The molecule has 3 heterocycles. The van der Waals surface area contributed by atoms with E-state index >= 15 is 0 Å². The molecule has 0 saturated heterocycles. The molecule has 4 rings (SSSR count). The van der Waals surface area contributed by atoms with E-state index in [9.17, 15) is 26.7 Å². The molecule has 1 N–H and O–H groups in total. The van der Waals surface area contributed by atoms with Crippen LogP contribution in [-0.2, 0) is 23.1 Å². The summed E-state index contributed by atoms with van der Waals surface area (Å²) in [5, 5.41) is 10.5. The van der Waals surface area contributed by atoms with Crippen molar-refractivity contribution < 1.29 is 26.7 Å². The van der Waals surface area contributed by atoms with Gasteiger partial charge < -0.3 is 14.6 Å². The number of hydrogen-bond donors (Lipinski definition) is 1. The van der Waals surface area contributed by atoms with Gasteiger partial charge in [-0.05, 0) is 31.4 Å². The number of alkyl halides is 3. The molecule has 3 aromatic heterocycles. The summed E-state index contributed by atoms with van der Waals surface area (Å²) in [5.41, 5.74) is -0.235. The minimum atomic E-state index is -4.63. The van der Waals surface area contributed by atoms with Gasteiger partial charge in [0.25, 0.3) is 0 Å². The Kier molecular flexibility index (Phi) is 5.85. The highest BCUT2D eigenvalue weighted by Gasteiger charge is 2.35. The third kappa shape index (κ3) is 4.29. The van der Waals surface area contributed by atoms with Crippen molar-refractivity contribution in [3.05, 3.63) is 30.2 Å². The zero-order valence-electron chi connectivity index (χ0n) is 18.3. The zero-order valence-corrected chi connectivity index (χ0v) is 19.2. The Morgan fingerprint density at radius 1 is 1.21 bits per heavy atom. The van der Waals surface area contributed by atoms with Gasteiger partial charge in [-0.3, -0.25) is 0 Å². The number of hydrogen-bond acceptors (Lipinski definition) is 7. The first-order chi connectivity index (χ1) is 15.5. The molecule has 33 heavy (non-hydrogen) atoms. The van der Waals surface area contributed by atoms with Crippen LogP contribution in [0.2, 0.25) is 0 Å². The number of sulfone groups is 1. The van der Waals surface area contributed by atoms with Gasteiger partial charge in [0.2, 0.25) is 0 Å². The van der Waals surface area contributed by atoms with E-state index in [0.29, 0.717) is 17.6 Å². The molecule has 0 bridgehead atoms. The highest BCUT2D eigenvalue weighted by Crippen LogP contribution is 2.37. The van der Waals surface area contributed by atoms with Gasteiger partial charge in [-0.1, -0.05) is 13.8 Å². The normalized spacial score (nSPS) is 15.7. The van der Waals surface area contributed by atoms with Crippen molar-refractivity contribution in [3.8, 4) is 11.5 Å². The Bertz CT molecular complexity index is 1300. The van der Waals surface area contributed by atoms with Gasteiger partial charge in [0.05, 0.1) is 39.8 Å². The number of rotatable bonds is 7. The van der Waals surface area contributed by atoms with Crippen molar-refractivity contribution in [1.29, 1.82) is 0 Å². The van der Waals surface area contributed by atoms with Crippen molar-refractivity contribution in [2.45, 2.75) is 56.5 Å². The lowest BCUT2D eigenvalue weighted by molar-refractivity contribution is -0.141. The van der Waals surface area contributed by atoms with Crippen LogP contribution in [0, 0.1) is 0 Å². The minimum Gasteiger partial charge on any atom is -0.374 e. The Hall–Kier alpha value is -2.73. The molecule has 1 aliphatic rings. The average molecular weight is 484 g/mol. The van der Waals surface area contributed by atoms with Crippen molar-refractivity contribution in [2.24, 2.45) is 7.05 Å². The topological polar surface area (TPSA) is 101 Å². The molecule has 1 fully saturated rings. The summed E-state index contributed by atoms with van der Waals surface area (Å²) in [4.78, 5) is 13.8. The number of halogens is 3. The van der Waals surface area contributed by atoms with Crippen LogP contribution in [0.4, 0.5) is 18.9 Å². The van der Waals surface area contributed by atoms with Crippen LogP contribution < -0.4 is 4.90 Å². The second-order valence-electron chi connectivity index (χ2n) is 8.02. The van der Waals surface area contributed by atoms with Crippen LogP contribution in [0.5, 0.6) is 0 Å². The molecule has 8 nitrogen and oxygen atoms in total. The summed E-state index contributed by atoms with van der Waals surface area (Å²) in [6.07, 6.45) is -0.668. The molecular weight excluding hydrogens is 459 g/mol. The molecule has 1 saturated carbocycles. The fraction of sp³-hybridized carbons (Fsp3) is 0.476. The molecule has 0 spiro atoms. The molecular formula is C21H24F3N5O3S. The summed E-state index contributed by atoms with van der Waals surface area (Å²) < 4.78 is 66.7. The SMILES string of the molecule is CCC(O)N(c1cnc(-c2nc3cc(C(F)(F)F)ncc3n2C)c(S(=O)(=O)CC)c1)C1CC1. The lowest BCUT2D eigenvalue weighted by Gasteiger charge is -2.29. The highest BCUT2D eigenvalue weighted by atomic mass is 32.2. The van der Waals surface area contributed by atoms with Gasteiger partial charge in [0, 0.05) is 13.1 Å². The molecule has 1 atom stereocenters. The summed E-state index contributed by atoms with van der Waals surface area (Å²) in [5.74, 6) is -0.0899. The zero-order chi connectivity index (χ0) is 24.1. The highest BCUT2D eigenvalue weighted by molar-refractivity contribution is 7.91. The smallest absolute Gasteiger partial charge is 0.374 e. The Morgan fingerprint density at radius 2 is 1.91 bits per heavy atom. The number of anilines is 1. The van der Waals surface area contributed by atoms with Gasteiger partial charge in [-0.15, -0.1) is 0 Å². The summed E-state index contributed by atoms with van der Waals surface area (Å²) in [6, 6.07) is 2.40. The van der Waals surface area contributed by atoms with Crippen LogP contribution >= 0.6 is 0 Å². The first-order valence-electron chi connectivity index (χ1n) is 10.6. The van der Waals surface area contributed by atoms with Crippen LogP contribution in [0.25, 0.3) is 22.6 Å². The standard InChI is InChI=1S/C21H24F3N5O3S/c1-4-18(30)29(12-6-7-12)13-8-16(33(31,32)5-2)19(26-10-13)20-27-14-9-17(21(22,23)24)25-11-15(14)28(20)3/h8-12,18,30H,4-7H2,1-3H3. The van der Waals surface area contributed by atoms with E-state index in [-0.39, 0.29) is 33.7 Å². The predicted molar refractivity (Wildman–Crippen MR) is 116 cm³/mol. The summed E-state index contributed by atoms with van der Waals surface area (Å²) >= 11 is 0. The molecule has 1 aliphatic carbocycles. The van der Waals surface area contributed by atoms with Crippen molar-refractivity contribution in [1.82, 2.24) is 19.5 Å². The third-order valence-corrected chi connectivity index (χ3v) is 7.49. The number of aryl methyl sites for hydroxylation is 1.